The minimum absolute atomic E-state index is 0.181. The van der Waals surface area contributed by atoms with Gasteiger partial charge >= 0.3 is 17.7 Å². The number of esters is 1. The van der Waals surface area contributed by atoms with E-state index in [1.165, 1.54) is 0 Å². The fraction of sp³-hybridized carbons (Fsp3) is 0.185. The average Bonchev–Trinajstić information content (AvgIpc) is 3.44. The number of carbonyl (C=O) groups excluding carboxylic acids is 2. The molecule has 0 bridgehead atoms. The van der Waals surface area contributed by atoms with Gasteiger partial charge in [0, 0.05) is 21.5 Å². The molecule has 2 atom stereocenters. The molecule has 0 aliphatic carbocycles. The van der Waals surface area contributed by atoms with Crippen molar-refractivity contribution in [1.82, 2.24) is 0 Å². The van der Waals surface area contributed by atoms with Crippen LogP contribution < -0.4 is 24.6 Å². The maximum atomic E-state index is 14.9. The fourth-order valence-electron chi connectivity index (χ4n) is 9.09. The van der Waals surface area contributed by atoms with Crippen LogP contribution in [0.2, 0.25) is 0 Å². The summed E-state index contributed by atoms with van der Waals surface area (Å²) in [7, 11) is 0. The predicted octanol–water partition coefficient (Wildman–Crippen LogP) is 14.4. The van der Waals surface area contributed by atoms with Crippen molar-refractivity contribution in [1.29, 1.82) is 0 Å². The van der Waals surface area contributed by atoms with Gasteiger partial charge in [-0.05, 0) is 164 Å². The molecule has 11 rings (SSSR count). The largest absolute Gasteiger partial charge is 0.508 e. The Morgan fingerprint density at radius 3 is 1.82 bits per heavy atom. The number of aromatic hydroxyl groups is 3. The minimum Gasteiger partial charge on any atom is -0.508 e. The molecule has 0 spiro atoms. The molecule has 0 saturated carbocycles. The molecule has 0 saturated heterocycles. The molecule has 79 heavy (non-hydrogen) atoms. The number of rotatable bonds is 12. The molecule has 0 amide bonds. The van der Waals surface area contributed by atoms with Crippen molar-refractivity contribution < 1.29 is 61.8 Å². The lowest BCUT2D eigenvalue weighted by Crippen LogP contribution is -2.38. The fourth-order valence-corrected chi connectivity index (χ4v) is 9.09. The maximum Gasteiger partial charge on any atom is 0.405 e. The number of hydrogen-bond acceptors (Lipinski definition) is 12. The zero-order chi connectivity index (χ0) is 56.1. The molecule has 2 unspecified atom stereocenters. The smallest absolute Gasteiger partial charge is 0.405 e. The van der Waals surface area contributed by atoms with E-state index in [1.807, 2.05) is 93.6 Å². The summed E-state index contributed by atoms with van der Waals surface area (Å²) < 4.78 is 61.9. The molecule has 9 aromatic carbocycles. The zero-order valence-electron chi connectivity index (χ0n) is 43.9. The van der Waals surface area contributed by atoms with Crippen LogP contribution in [0.25, 0.3) is 54.4 Å². The second-order valence-corrected chi connectivity index (χ2v) is 18.0. The summed E-state index contributed by atoms with van der Waals surface area (Å²) in [6.45, 7) is 9.40. The minimum atomic E-state index is -3.30. The third-order valence-corrected chi connectivity index (χ3v) is 12.8. The molecule has 1 aromatic heterocycles. The summed E-state index contributed by atoms with van der Waals surface area (Å²) in [6.07, 6.45) is -2.49. The third kappa shape index (κ3) is 13.4. The monoisotopic (exact) mass is 1070 g/mol. The van der Waals surface area contributed by atoms with E-state index >= 15 is 0 Å². The Kier molecular flexibility index (Phi) is 18.1. The van der Waals surface area contributed by atoms with E-state index in [0.717, 1.165) is 49.2 Å². The Labute approximate surface area is 454 Å². The van der Waals surface area contributed by atoms with E-state index in [4.69, 9.17) is 33.2 Å². The number of hydrogen-bond donors (Lipinski definition) is 3. The molecule has 3 N–H and O–H groups in total. The van der Waals surface area contributed by atoms with Crippen LogP contribution in [-0.2, 0) is 20.7 Å². The Bertz CT molecular complexity index is 3770. The number of halogens is 2. The van der Waals surface area contributed by atoms with Gasteiger partial charge in [0.25, 0.3) is 0 Å². The van der Waals surface area contributed by atoms with Crippen molar-refractivity contribution in [3.63, 3.8) is 0 Å². The van der Waals surface area contributed by atoms with Crippen LogP contribution in [0.5, 0.6) is 40.2 Å². The second kappa shape index (κ2) is 25.6. The number of aldehydes is 1. The van der Waals surface area contributed by atoms with Gasteiger partial charge in [-0.25, -0.2) is 4.79 Å². The quantitative estimate of drug-likeness (QED) is 0.0348. The Balaban J connectivity index is 0.000000147. The topological polar surface area (TPSA) is 171 Å². The molecule has 14 heteroatoms. The SMILES string of the molecule is CCOC(=O)C(C=O)c1ccccc1.CCOc1ccc(-c2cc3ccc4cc(O)ccc4c3oc2=O)cc1.CCOc1ccc(C2Cc3ccc4cc(OCC)ccc4c3OC2(F)F)cc1.Oc1ccc2c(O)cccc2c1. The number of ether oxygens (including phenoxy) is 5. The molecule has 0 radical (unpaired) electrons. The van der Waals surface area contributed by atoms with E-state index in [2.05, 4.69) is 0 Å². The lowest BCUT2D eigenvalue weighted by Gasteiger charge is -2.34. The van der Waals surface area contributed by atoms with Crippen molar-refractivity contribution in [2.24, 2.45) is 0 Å². The molecular formula is C65H58F2O12. The van der Waals surface area contributed by atoms with E-state index in [9.17, 15) is 33.4 Å². The highest BCUT2D eigenvalue weighted by atomic mass is 19.3. The number of benzene rings is 9. The van der Waals surface area contributed by atoms with Gasteiger partial charge in [0.05, 0.1) is 37.9 Å². The highest BCUT2D eigenvalue weighted by Gasteiger charge is 2.47. The summed E-state index contributed by atoms with van der Waals surface area (Å²) in [5.41, 5.74) is 3.40. The van der Waals surface area contributed by atoms with Crippen molar-refractivity contribution >= 4 is 55.5 Å². The first-order valence-electron chi connectivity index (χ1n) is 25.7. The Morgan fingerprint density at radius 1 is 0.608 bits per heavy atom. The average molecular weight is 1070 g/mol. The van der Waals surface area contributed by atoms with Crippen molar-refractivity contribution in [3.05, 3.63) is 209 Å². The summed E-state index contributed by atoms with van der Waals surface area (Å²) >= 11 is 0. The highest BCUT2D eigenvalue weighted by molar-refractivity contribution is 6.05. The lowest BCUT2D eigenvalue weighted by molar-refractivity contribution is -0.201. The molecule has 0 fully saturated rings. The maximum absolute atomic E-state index is 14.9. The standard InChI is InChI=1S/C23H22F2O3.C21H16O4.C11H12O3.C10H8O2/c1-3-26-18-9-7-15(8-10-18)21-14-17-6-5-16-13-19(27-4-2)11-12-20(16)22(17)28-23(21,24)25;1-2-24-17-8-5-13(6-9-17)19-12-15-4-3-14-11-16(22)7-10-18(14)20(15)25-21(19)23;1-2-14-11(13)10(8-12)9-6-4-3-5-7-9;11-8-4-5-9-7(6-8)2-1-3-10(9)12/h5-13,21H,3-4,14H2,1-2H3;3-12,22H,2H2,1H3;3-8,10H,2H2,1H3;1-6,11-12H. The Morgan fingerprint density at radius 2 is 1.18 bits per heavy atom. The normalized spacial score (nSPS) is 13.4. The van der Waals surface area contributed by atoms with Crippen molar-refractivity contribution in [2.45, 2.75) is 52.1 Å². The highest BCUT2D eigenvalue weighted by Crippen LogP contribution is 2.48. The number of phenols is 3. The lowest BCUT2D eigenvalue weighted by atomic mass is 9.87. The van der Waals surface area contributed by atoms with Gasteiger partial charge in [-0.2, -0.15) is 8.78 Å². The van der Waals surface area contributed by atoms with E-state index in [-0.39, 0.29) is 36.0 Å². The van der Waals surface area contributed by atoms with Gasteiger partial charge in [0.15, 0.2) is 0 Å². The summed E-state index contributed by atoms with van der Waals surface area (Å²) in [6, 6.07) is 53.0. The first-order valence-corrected chi connectivity index (χ1v) is 25.7. The van der Waals surface area contributed by atoms with E-state index in [0.29, 0.717) is 65.3 Å². The molecule has 404 valence electrons. The zero-order valence-corrected chi connectivity index (χ0v) is 43.9. The van der Waals surface area contributed by atoms with Crippen LogP contribution in [-0.4, -0.2) is 60.1 Å². The van der Waals surface area contributed by atoms with E-state index in [1.54, 1.807) is 116 Å². The van der Waals surface area contributed by atoms with Gasteiger partial charge in [-0.1, -0.05) is 91.0 Å². The van der Waals surface area contributed by atoms with Crippen LogP contribution in [0.1, 0.15) is 56.2 Å². The molecule has 1 aliphatic rings. The first-order chi connectivity index (χ1) is 38.2. The number of fused-ring (bicyclic) bond motifs is 7. The van der Waals surface area contributed by atoms with Gasteiger partial charge in [-0.3, -0.25) is 4.79 Å². The Hall–Kier alpha value is -9.43. The van der Waals surface area contributed by atoms with Crippen LogP contribution in [0.3, 0.4) is 0 Å². The summed E-state index contributed by atoms with van der Waals surface area (Å²) in [5.74, 6) is 0.712. The van der Waals surface area contributed by atoms with Gasteiger partial charge in [-0.15, -0.1) is 0 Å². The van der Waals surface area contributed by atoms with Crippen LogP contribution in [0.15, 0.2) is 191 Å². The van der Waals surface area contributed by atoms with Crippen LogP contribution >= 0.6 is 0 Å². The van der Waals surface area contributed by atoms with E-state index < -0.39 is 29.5 Å². The number of alkyl halides is 2. The molecule has 12 nitrogen and oxygen atoms in total. The van der Waals surface area contributed by atoms with Crippen LogP contribution in [0, 0.1) is 0 Å². The molecule has 2 heterocycles. The molecule has 1 aliphatic heterocycles. The van der Waals surface area contributed by atoms with Gasteiger partial charge in [0.1, 0.15) is 58.0 Å². The van der Waals surface area contributed by atoms with Gasteiger partial charge < -0.3 is 48.2 Å². The third-order valence-electron chi connectivity index (χ3n) is 12.8. The van der Waals surface area contributed by atoms with Crippen molar-refractivity contribution in [2.75, 3.05) is 26.4 Å². The van der Waals surface area contributed by atoms with Crippen LogP contribution in [0.4, 0.5) is 8.78 Å². The summed E-state index contributed by atoms with van der Waals surface area (Å²) in [5, 5.41) is 33.7. The van der Waals surface area contributed by atoms with Gasteiger partial charge in [0.2, 0.25) is 0 Å². The number of carbonyl (C=O) groups is 2. The first kappa shape index (κ1) is 55.8. The predicted molar refractivity (Wildman–Crippen MR) is 302 cm³/mol. The van der Waals surface area contributed by atoms with Crippen molar-refractivity contribution in [3.8, 4) is 51.4 Å². The molecular weight excluding hydrogens is 1010 g/mol. The second-order valence-electron chi connectivity index (χ2n) is 18.0. The summed E-state index contributed by atoms with van der Waals surface area (Å²) in [4.78, 5) is 34.5. The molecule has 10 aromatic rings. The number of phenolic OH excluding ortho intramolecular Hbond substituents is 3.